The van der Waals surface area contributed by atoms with Gasteiger partial charge in [-0.1, -0.05) is 0 Å². The molecule has 108 valence electrons. The highest BCUT2D eigenvalue weighted by Gasteiger charge is 2.34. The first-order valence-corrected chi connectivity index (χ1v) is 7.12. The molecule has 2 bridgehead atoms. The minimum absolute atomic E-state index is 0.107. The lowest BCUT2D eigenvalue weighted by molar-refractivity contribution is -0.121. The lowest BCUT2D eigenvalue weighted by Gasteiger charge is -2.32. The average Bonchev–Trinajstić information content (AvgIpc) is 2.78. The number of ether oxygens (including phenoxy) is 1. The molecule has 2 atom stereocenters. The van der Waals surface area contributed by atoms with Gasteiger partial charge < -0.3 is 15.4 Å². The molecule has 0 saturated carbocycles. The van der Waals surface area contributed by atoms with Crippen molar-refractivity contribution in [2.45, 2.75) is 25.0 Å². The second kappa shape index (κ2) is 5.42. The molecule has 2 heterocycles. The number of likely N-dealkylation sites (tertiary alicyclic amines) is 1. The molecule has 1 aromatic rings. The van der Waals surface area contributed by atoms with Crippen LogP contribution in [-0.4, -0.2) is 49.7 Å². The van der Waals surface area contributed by atoms with Crippen molar-refractivity contribution in [3.63, 3.8) is 0 Å². The molecule has 20 heavy (non-hydrogen) atoms. The number of fused-ring (bicyclic) bond motifs is 2. The molecule has 1 aromatic carbocycles. The predicted molar refractivity (Wildman–Crippen MR) is 78.6 cm³/mol. The van der Waals surface area contributed by atoms with Gasteiger partial charge >= 0.3 is 0 Å². The van der Waals surface area contributed by atoms with Gasteiger partial charge in [-0.25, -0.2) is 0 Å². The van der Waals surface area contributed by atoms with Crippen LogP contribution in [0.25, 0.3) is 0 Å². The summed E-state index contributed by atoms with van der Waals surface area (Å²) in [5.41, 5.74) is 7.25. The van der Waals surface area contributed by atoms with Gasteiger partial charge in [-0.05, 0) is 37.1 Å². The smallest absolute Gasteiger partial charge is 0.240 e. The van der Waals surface area contributed by atoms with E-state index in [0.717, 1.165) is 31.6 Å². The standard InChI is InChI=1S/C15H21N3O2/c1-17(12-4-2-11(16)3-5-12)15(19)10-18-8-13-6-7-14(9-18)20-13/h2-5,13-14H,6-10,16H2,1H3. The van der Waals surface area contributed by atoms with Crippen molar-refractivity contribution in [2.24, 2.45) is 0 Å². The van der Waals surface area contributed by atoms with Crippen molar-refractivity contribution in [2.75, 3.05) is 37.3 Å². The van der Waals surface area contributed by atoms with E-state index in [1.807, 2.05) is 31.3 Å². The van der Waals surface area contributed by atoms with Gasteiger partial charge in [0.1, 0.15) is 0 Å². The Bertz CT molecular complexity index is 476. The van der Waals surface area contributed by atoms with Crippen molar-refractivity contribution in [1.82, 2.24) is 4.90 Å². The Balaban J connectivity index is 1.60. The maximum atomic E-state index is 12.3. The minimum atomic E-state index is 0.107. The number of anilines is 2. The van der Waals surface area contributed by atoms with Crippen LogP contribution in [0.15, 0.2) is 24.3 Å². The van der Waals surface area contributed by atoms with E-state index < -0.39 is 0 Å². The van der Waals surface area contributed by atoms with Gasteiger partial charge in [-0.2, -0.15) is 0 Å². The van der Waals surface area contributed by atoms with E-state index >= 15 is 0 Å². The van der Waals surface area contributed by atoms with Gasteiger partial charge in [0.15, 0.2) is 0 Å². The summed E-state index contributed by atoms with van der Waals surface area (Å²) in [5, 5.41) is 0. The second-order valence-electron chi connectivity index (χ2n) is 5.70. The molecule has 2 unspecified atom stereocenters. The third-order valence-electron chi connectivity index (χ3n) is 4.13. The number of morpholine rings is 1. The molecule has 5 heteroatoms. The maximum absolute atomic E-state index is 12.3. The van der Waals surface area contributed by atoms with Crippen molar-refractivity contribution in [3.8, 4) is 0 Å². The van der Waals surface area contributed by atoms with Crippen molar-refractivity contribution >= 4 is 17.3 Å². The molecule has 2 fully saturated rings. The van der Waals surface area contributed by atoms with Crippen molar-refractivity contribution in [1.29, 1.82) is 0 Å². The molecule has 1 amide bonds. The van der Waals surface area contributed by atoms with E-state index in [1.54, 1.807) is 4.90 Å². The number of carbonyl (C=O) groups excluding carboxylic acids is 1. The molecule has 0 aliphatic carbocycles. The zero-order valence-corrected chi connectivity index (χ0v) is 11.8. The second-order valence-corrected chi connectivity index (χ2v) is 5.70. The highest BCUT2D eigenvalue weighted by molar-refractivity contribution is 5.94. The highest BCUT2D eigenvalue weighted by Crippen LogP contribution is 2.26. The van der Waals surface area contributed by atoms with Crippen LogP contribution in [0, 0.1) is 0 Å². The number of rotatable bonds is 3. The first-order valence-electron chi connectivity index (χ1n) is 7.12. The number of hydrogen-bond acceptors (Lipinski definition) is 4. The Morgan fingerprint density at radius 2 is 1.90 bits per heavy atom. The topological polar surface area (TPSA) is 58.8 Å². The SMILES string of the molecule is CN(C(=O)CN1CC2CCC(C1)O2)c1ccc(N)cc1. The lowest BCUT2D eigenvalue weighted by Crippen LogP contribution is -2.47. The highest BCUT2D eigenvalue weighted by atomic mass is 16.5. The number of hydrogen-bond donors (Lipinski definition) is 1. The van der Waals surface area contributed by atoms with Gasteiger partial charge in [-0.3, -0.25) is 9.69 Å². The van der Waals surface area contributed by atoms with E-state index in [1.165, 1.54) is 0 Å². The molecule has 2 aliphatic heterocycles. The van der Waals surface area contributed by atoms with E-state index in [0.29, 0.717) is 24.4 Å². The third kappa shape index (κ3) is 2.78. The molecule has 3 rings (SSSR count). The van der Waals surface area contributed by atoms with Gasteiger partial charge in [0.05, 0.1) is 18.8 Å². The third-order valence-corrected chi connectivity index (χ3v) is 4.13. The fraction of sp³-hybridized carbons (Fsp3) is 0.533. The number of likely N-dealkylation sites (N-methyl/N-ethyl adjacent to an activating group) is 1. The molecule has 0 spiro atoms. The molecular formula is C15H21N3O2. The fourth-order valence-electron chi connectivity index (χ4n) is 2.97. The summed E-state index contributed by atoms with van der Waals surface area (Å²) < 4.78 is 5.79. The number of nitrogens with two attached hydrogens (primary N) is 1. The van der Waals surface area contributed by atoms with Gasteiger partial charge in [-0.15, -0.1) is 0 Å². The summed E-state index contributed by atoms with van der Waals surface area (Å²) in [6, 6.07) is 7.37. The number of amides is 1. The zero-order valence-electron chi connectivity index (χ0n) is 11.8. The normalized spacial score (nSPS) is 25.6. The average molecular weight is 275 g/mol. The van der Waals surface area contributed by atoms with Crippen LogP contribution in [0.1, 0.15) is 12.8 Å². The summed E-state index contributed by atoms with van der Waals surface area (Å²) >= 11 is 0. The minimum Gasteiger partial charge on any atom is -0.399 e. The largest absolute Gasteiger partial charge is 0.399 e. The predicted octanol–water partition coefficient (Wildman–Crippen LogP) is 1.09. The Morgan fingerprint density at radius 1 is 1.30 bits per heavy atom. The Labute approximate surface area is 119 Å². The zero-order chi connectivity index (χ0) is 14.1. The number of nitrogens with zero attached hydrogens (tertiary/aromatic N) is 2. The summed E-state index contributed by atoms with van der Waals surface area (Å²) in [6.45, 7) is 2.20. The summed E-state index contributed by atoms with van der Waals surface area (Å²) in [5.74, 6) is 0.107. The lowest BCUT2D eigenvalue weighted by atomic mass is 10.2. The Kier molecular flexibility index (Phi) is 3.63. The van der Waals surface area contributed by atoms with Crippen LogP contribution in [0.5, 0.6) is 0 Å². The van der Waals surface area contributed by atoms with Crippen LogP contribution >= 0.6 is 0 Å². The van der Waals surface area contributed by atoms with Crippen LogP contribution in [0.4, 0.5) is 11.4 Å². The molecule has 5 nitrogen and oxygen atoms in total. The summed E-state index contributed by atoms with van der Waals surface area (Å²) in [6.07, 6.45) is 2.90. The maximum Gasteiger partial charge on any atom is 0.240 e. The van der Waals surface area contributed by atoms with E-state index in [4.69, 9.17) is 10.5 Å². The fourth-order valence-corrected chi connectivity index (χ4v) is 2.97. The first-order chi connectivity index (χ1) is 9.61. The van der Waals surface area contributed by atoms with Gasteiger partial charge in [0.2, 0.25) is 5.91 Å². The van der Waals surface area contributed by atoms with Crippen LogP contribution in [0.2, 0.25) is 0 Å². The quantitative estimate of drug-likeness (QED) is 0.839. The molecule has 2 saturated heterocycles. The number of benzene rings is 1. The molecule has 0 aromatic heterocycles. The van der Waals surface area contributed by atoms with Crippen LogP contribution in [-0.2, 0) is 9.53 Å². The summed E-state index contributed by atoms with van der Waals surface area (Å²) in [4.78, 5) is 16.2. The Hall–Kier alpha value is -1.59. The molecular weight excluding hydrogens is 254 g/mol. The van der Waals surface area contributed by atoms with Crippen LogP contribution in [0.3, 0.4) is 0 Å². The molecule has 2 N–H and O–H groups in total. The first kappa shape index (κ1) is 13.4. The van der Waals surface area contributed by atoms with Crippen molar-refractivity contribution in [3.05, 3.63) is 24.3 Å². The van der Waals surface area contributed by atoms with Gasteiger partial charge in [0.25, 0.3) is 0 Å². The number of carbonyl (C=O) groups is 1. The van der Waals surface area contributed by atoms with E-state index in [2.05, 4.69) is 4.90 Å². The summed E-state index contributed by atoms with van der Waals surface area (Å²) in [7, 11) is 1.81. The van der Waals surface area contributed by atoms with Gasteiger partial charge in [0, 0.05) is 31.5 Å². The number of nitrogen functional groups attached to an aromatic ring is 1. The molecule has 0 radical (unpaired) electrons. The van der Waals surface area contributed by atoms with E-state index in [-0.39, 0.29) is 5.91 Å². The molecule has 2 aliphatic rings. The van der Waals surface area contributed by atoms with E-state index in [9.17, 15) is 4.79 Å². The Morgan fingerprint density at radius 3 is 2.50 bits per heavy atom. The monoisotopic (exact) mass is 275 g/mol. The van der Waals surface area contributed by atoms with Crippen LogP contribution < -0.4 is 10.6 Å². The van der Waals surface area contributed by atoms with Crippen molar-refractivity contribution < 1.29 is 9.53 Å².